The van der Waals surface area contributed by atoms with E-state index >= 15 is 0 Å². The largest absolute Gasteiger partial charge is 0.490 e. The van der Waals surface area contributed by atoms with Crippen molar-refractivity contribution in [1.29, 1.82) is 0 Å². The SMILES string of the molecule is CN1CC(=O)N(c2cccc(F)c2)CC12CCN(C(=O)c1cccc(Cl)c1)C2.O=C(O)C(F)(F)F. The highest BCUT2D eigenvalue weighted by Crippen LogP contribution is 2.34. The van der Waals surface area contributed by atoms with E-state index in [1.807, 2.05) is 16.8 Å². The topological polar surface area (TPSA) is 81.2 Å². The van der Waals surface area contributed by atoms with Crippen molar-refractivity contribution in [2.24, 2.45) is 0 Å². The highest BCUT2D eigenvalue weighted by molar-refractivity contribution is 6.30. The van der Waals surface area contributed by atoms with Crippen molar-refractivity contribution in [3.8, 4) is 0 Å². The fourth-order valence-electron chi connectivity index (χ4n) is 4.11. The molecule has 0 bridgehead atoms. The quantitative estimate of drug-likeness (QED) is 0.617. The summed E-state index contributed by atoms with van der Waals surface area (Å²) in [5.41, 5.74) is 0.757. The smallest absolute Gasteiger partial charge is 0.475 e. The molecule has 2 aliphatic heterocycles. The molecule has 2 aliphatic rings. The summed E-state index contributed by atoms with van der Waals surface area (Å²) in [5.74, 6) is -3.27. The standard InChI is InChI=1S/C21H21ClFN3O2.C2HF3O2/c1-24-12-19(27)26(18-7-3-6-17(23)11-18)14-21(24)8-9-25(13-21)20(28)15-4-2-5-16(22)10-15;3-2(4,5)1(6)7/h2-7,10-11H,8-9,12-14H2,1H3;(H,6,7). The Morgan fingerprint density at radius 3 is 2.34 bits per heavy atom. The third kappa shape index (κ3) is 6.09. The van der Waals surface area contributed by atoms with Crippen molar-refractivity contribution in [2.75, 3.05) is 38.1 Å². The second-order valence-electron chi connectivity index (χ2n) is 8.33. The lowest BCUT2D eigenvalue weighted by Crippen LogP contribution is -2.64. The van der Waals surface area contributed by atoms with Gasteiger partial charge in [0.15, 0.2) is 0 Å². The molecule has 7 nitrogen and oxygen atoms in total. The Morgan fingerprint density at radius 1 is 1.09 bits per heavy atom. The van der Waals surface area contributed by atoms with E-state index in [2.05, 4.69) is 0 Å². The van der Waals surface area contributed by atoms with Crippen LogP contribution < -0.4 is 4.90 Å². The number of piperazine rings is 1. The van der Waals surface area contributed by atoms with Gasteiger partial charge in [-0.1, -0.05) is 23.7 Å². The molecule has 4 rings (SSSR count). The number of anilines is 1. The minimum Gasteiger partial charge on any atom is -0.475 e. The Hall–Kier alpha value is -3.18. The number of halogens is 5. The molecule has 0 radical (unpaired) electrons. The second-order valence-corrected chi connectivity index (χ2v) is 8.77. The summed E-state index contributed by atoms with van der Waals surface area (Å²) in [5, 5.41) is 7.65. The number of carbonyl (C=O) groups is 3. The van der Waals surface area contributed by atoms with E-state index in [1.165, 1.54) is 12.1 Å². The second kappa shape index (κ2) is 10.2. The molecular formula is C23H22ClF4N3O4. The van der Waals surface area contributed by atoms with Crippen molar-refractivity contribution in [3.63, 3.8) is 0 Å². The van der Waals surface area contributed by atoms with Crippen molar-refractivity contribution in [3.05, 3.63) is 64.9 Å². The average Bonchev–Trinajstić information content (AvgIpc) is 3.21. The van der Waals surface area contributed by atoms with Crippen molar-refractivity contribution in [1.82, 2.24) is 9.80 Å². The number of carboxylic acid groups (broad SMARTS) is 1. The molecule has 35 heavy (non-hydrogen) atoms. The Balaban J connectivity index is 0.000000429. The zero-order valence-electron chi connectivity index (χ0n) is 18.6. The van der Waals surface area contributed by atoms with E-state index in [-0.39, 0.29) is 29.7 Å². The van der Waals surface area contributed by atoms with Crippen LogP contribution in [-0.4, -0.2) is 77.6 Å². The minimum absolute atomic E-state index is 0.0676. The predicted octanol–water partition coefficient (Wildman–Crippen LogP) is 3.68. The summed E-state index contributed by atoms with van der Waals surface area (Å²) >= 11 is 6.02. The number of amides is 2. The Kier molecular flexibility index (Phi) is 7.71. The van der Waals surface area contributed by atoms with Crippen LogP contribution in [0.2, 0.25) is 5.02 Å². The molecular weight excluding hydrogens is 494 g/mol. The zero-order chi connectivity index (χ0) is 26.0. The number of hydrogen-bond donors (Lipinski definition) is 1. The molecule has 12 heteroatoms. The molecule has 1 unspecified atom stereocenters. The minimum atomic E-state index is -5.08. The van der Waals surface area contributed by atoms with Crippen LogP contribution >= 0.6 is 11.6 Å². The molecule has 2 saturated heterocycles. The summed E-state index contributed by atoms with van der Waals surface area (Å²) < 4.78 is 45.4. The van der Waals surface area contributed by atoms with Gasteiger partial charge in [0.2, 0.25) is 5.91 Å². The van der Waals surface area contributed by atoms with Gasteiger partial charge in [-0.05, 0) is 49.9 Å². The van der Waals surface area contributed by atoms with Gasteiger partial charge in [0.05, 0.1) is 12.1 Å². The van der Waals surface area contributed by atoms with E-state index in [1.54, 1.807) is 41.3 Å². The summed E-state index contributed by atoms with van der Waals surface area (Å²) in [6, 6.07) is 13.0. The molecule has 0 aliphatic carbocycles. The monoisotopic (exact) mass is 515 g/mol. The van der Waals surface area contributed by atoms with E-state index < -0.39 is 12.1 Å². The fraction of sp³-hybridized carbons (Fsp3) is 0.348. The predicted molar refractivity (Wildman–Crippen MR) is 120 cm³/mol. The van der Waals surface area contributed by atoms with Gasteiger partial charge in [0.1, 0.15) is 5.82 Å². The molecule has 188 valence electrons. The highest BCUT2D eigenvalue weighted by atomic mass is 35.5. The first-order valence-electron chi connectivity index (χ1n) is 10.4. The molecule has 1 N–H and O–H groups in total. The number of aliphatic carboxylic acids is 1. The molecule has 2 aromatic carbocycles. The number of nitrogens with zero attached hydrogens (tertiary/aromatic N) is 3. The van der Waals surface area contributed by atoms with Crippen molar-refractivity contribution < 1.29 is 37.1 Å². The lowest BCUT2D eigenvalue weighted by atomic mass is 9.92. The van der Waals surface area contributed by atoms with Crippen molar-refractivity contribution >= 4 is 35.1 Å². The number of likely N-dealkylation sites (N-methyl/N-ethyl adjacent to an activating group) is 1. The Morgan fingerprint density at radius 2 is 1.74 bits per heavy atom. The summed E-state index contributed by atoms with van der Waals surface area (Å²) in [6.07, 6.45) is -4.34. The van der Waals surface area contributed by atoms with Crippen LogP contribution in [0.3, 0.4) is 0 Å². The normalized spacial score (nSPS) is 20.6. The number of carbonyl (C=O) groups excluding carboxylic acids is 2. The summed E-state index contributed by atoms with van der Waals surface area (Å²) in [7, 11) is 1.91. The fourth-order valence-corrected chi connectivity index (χ4v) is 4.30. The summed E-state index contributed by atoms with van der Waals surface area (Å²) in [6.45, 7) is 1.76. The lowest BCUT2D eigenvalue weighted by Gasteiger charge is -2.46. The van der Waals surface area contributed by atoms with Crippen LogP contribution in [0.1, 0.15) is 16.8 Å². The van der Waals surface area contributed by atoms with Gasteiger partial charge in [-0.2, -0.15) is 13.2 Å². The van der Waals surface area contributed by atoms with Crippen LogP contribution in [-0.2, 0) is 9.59 Å². The maximum atomic E-state index is 13.7. The van der Waals surface area contributed by atoms with Crippen LogP contribution in [0, 0.1) is 5.82 Å². The number of carboxylic acids is 1. The highest BCUT2D eigenvalue weighted by Gasteiger charge is 2.48. The average molecular weight is 516 g/mol. The molecule has 2 fully saturated rings. The van der Waals surface area contributed by atoms with Crippen molar-refractivity contribution in [2.45, 2.75) is 18.1 Å². The number of rotatable bonds is 2. The number of likely N-dealkylation sites (tertiary alicyclic amines) is 1. The lowest BCUT2D eigenvalue weighted by molar-refractivity contribution is -0.192. The first-order chi connectivity index (χ1) is 16.3. The zero-order valence-corrected chi connectivity index (χ0v) is 19.3. The van der Waals surface area contributed by atoms with Crippen LogP contribution in [0.15, 0.2) is 48.5 Å². The number of benzene rings is 2. The number of alkyl halides is 3. The van der Waals surface area contributed by atoms with Crippen LogP contribution in [0.25, 0.3) is 0 Å². The van der Waals surface area contributed by atoms with Gasteiger partial charge in [-0.3, -0.25) is 14.5 Å². The van der Waals surface area contributed by atoms with E-state index in [4.69, 9.17) is 21.5 Å². The third-order valence-electron chi connectivity index (χ3n) is 5.99. The summed E-state index contributed by atoms with van der Waals surface area (Å²) in [4.78, 5) is 39.9. The molecule has 2 aromatic rings. The van der Waals surface area contributed by atoms with E-state index in [9.17, 15) is 27.2 Å². The van der Waals surface area contributed by atoms with Gasteiger partial charge in [0, 0.05) is 35.9 Å². The van der Waals surface area contributed by atoms with Gasteiger partial charge >= 0.3 is 12.1 Å². The van der Waals surface area contributed by atoms with Gasteiger partial charge in [-0.15, -0.1) is 0 Å². The molecule has 2 heterocycles. The van der Waals surface area contributed by atoms with Gasteiger partial charge < -0.3 is 14.9 Å². The maximum absolute atomic E-state index is 13.7. The molecule has 2 amide bonds. The first-order valence-corrected chi connectivity index (χ1v) is 10.8. The Bertz CT molecular complexity index is 1130. The molecule has 0 saturated carbocycles. The third-order valence-corrected chi connectivity index (χ3v) is 6.22. The molecule has 0 aromatic heterocycles. The van der Waals surface area contributed by atoms with Gasteiger partial charge in [-0.25, -0.2) is 9.18 Å². The van der Waals surface area contributed by atoms with Gasteiger partial charge in [0.25, 0.3) is 5.91 Å². The van der Waals surface area contributed by atoms with E-state index in [0.717, 1.165) is 6.42 Å². The molecule has 1 atom stereocenters. The van der Waals surface area contributed by atoms with Crippen LogP contribution in [0.5, 0.6) is 0 Å². The van der Waals surface area contributed by atoms with E-state index in [0.29, 0.717) is 35.9 Å². The number of hydrogen-bond acceptors (Lipinski definition) is 4. The Labute approximate surface area is 203 Å². The molecule has 1 spiro atoms. The first kappa shape index (κ1) is 26.4. The maximum Gasteiger partial charge on any atom is 0.490 e. The van der Waals surface area contributed by atoms with Crippen LogP contribution in [0.4, 0.5) is 23.2 Å².